The number of hydrogen-bond acceptors (Lipinski definition) is 3. The van der Waals surface area contributed by atoms with Gasteiger partial charge in [-0.05, 0) is 33.7 Å². The molecule has 1 aromatic heterocycles. The van der Waals surface area contributed by atoms with Crippen molar-refractivity contribution in [1.82, 2.24) is 0 Å². The fraction of sp³-hybridized carbons (Fsp3) is 0.200. The van der Waals surface area contributed by atoms with E-state index in [1.54, 1.807) is 4.67 Å². The third kappa shape index (κ3) is 3.20. The minimum absolute atomic E-state index is 0.0673. The zero-order chi connectivity index (χ0) is 20.9. The lowest BCUT2D eigenvalue weighted by molar-refractivity contribution is 0.195. The monoisotopic (exact) mass is 435 g/mol. The SMILES string of the molecule is F[C@@H]1C[C@H](F)CN(p2oc3ccc4ccccc4c3c3c(ccc4ccccc43)o2)C1. The van der Waals surface area contributed by atoms with Gasteiger partial charge in [-0.25, -0.2) is 8.78 Å². The summed E-state index contributed by atoms with van der Waals surface area (Å²) in [5.41, 5.74) is 1.35. The Labute approximate surface area is 178 Å². The van der Waals surface area contributed by atoms with Crippen LogP contribution in [0.25, 0.3) is 43.5 Å². The Kier molecular flexibility index (Phi) is 4.48. The van der Waals surface area contributed by atoms with Crippen molar-refractivity contribution in [1.29, 1.82) is 0 Å². The maximum atomic E-state index is 14.2. The van der Waals surface area contributed by atoms with Crippen molar-refractivity contribution in [3.63, 3.8) is 0 Å². The highest BCUT2D eigenvalue weighted by Crippen LogP contribution is 2.42. The molecule has 1 aliphatic heterocycles. The molecule has 1 fully saturated rings. The summed E-state index contributed by atoms with van der Waals surface area (Å²) < 4.78 is 42.7. The van der Waals surface area contributed by atoms with Crippen molar-refractivity contribution in [3.05, 3.63) is 72.8 Å². The first kappa shape index (κ1) is 18.9. The van der Waals surface area contributed by atoms with Gasteiger partial charge in [0.25, 0.3) is 0 Å². The molecule has 1 aliphatic rings. The molecule has 31 heavy (non-hydrogen) atoms. The molecule has 0 radical (unpaired) electrons. The lowest BCUT2D eigenvalue weighted by Crippen LogP contribution is -2.40. The van der Waals surface area contributed by atoms with E-state index in [1.165, 1.54) is 0 Å². The summed E-state index contributed by atoms with van der Waals surface area (Å²) in [6.07, 6.45) is -2.52. The normalized spacial score (nSPS) is 20.1. The standard InChI is InChI=1S/C25H20F2NO2P/c26-18-13-19(27)15-28(14-18)31-29-22-11-9-16-5-1-3-7-20(16)24(22)25-21-8-4-2-6-17(21)10-12-23(25)30-31/h1-12,18-19H,13-15H2/t18-,19+. The van der Waals surface area contributed by atoms with Crippen molar-refractivity contribution in [3.8, 4) is 0 Å². The third-order valence-corrected chi connectivity index (χ3v) is 7.44. The predicted molar refractivity (Wildman–Crippen MR) is 124 cm³/mol. The van der Waals surface area contributed by atoms with Gasteiger partial charge in [-0.15, -0.1) is 0 Å². The topological polar surface area (TPSA) is 29.5 Å². The quantitative estimate of drug-likeness (QED) is 0.271. The second kappa shape index (κ2) is 7.37. The summed E-state index contributed by atoms with van der Waals surface area (Å²) in [6, 6.07) is 24.2. The van der Waals surface area contributed by atoms with E-state index >= 15 is 0 Å². The average Bonchev–Trinajstić information content (AvgIpc) is 2.95. The molecule has 5 aromatic rings. The molecule has 0 amide bonds. The second-order valence-corrected chi connectivity index (χ2v) is 9.45. The number of alkyl halides is 2. The van der Waals surface area contributed by atoms with E-state index in [2.05, 4.69) is 24.3 Å². The van der Waals surface area contributed by atoms with Crippen LogP contribution in [0.15, 0.2) is 81.2 Å². The lowest BCUT2D eigenvalue weighted by atomic mass is 9.99. The molecular formula is C25H20F2NO2P. The number of hydrogen-bond donors (Lipinski definition) is 0. The molecule has 0 N–H and O–H groups in total. The molecule has 0 bridgehead atoms. The Morgan fingerprint density at radius 3 is 1.68 bits per heavy atom. The van der Waals surface area contributed by atoms with Gasteiger partial charge in [0.1, 0.15) is 23.5 Å². The first-order chi connectivity index (χ1) is 15.2. The number of benzene rings is 4. The van der Waals surface area contributed by atoms with E-state index in [1.807, 2.05) is 48.5 Å². The minimum atomic E-state index is -1.70. The van der Waals surface area contributed by atoms with Gasteiger partial charge in [0.05, 0.1) is 0 Å². The first-order valence-corrected chi connectivity index (χ1v) is 11.5. The summed E-state index contributed by atoms with van der Waals surface area (Å²) in [7, 11) is -1.70. The largest absolute Gasteiger partial charge is 0.408 e. The van der Waals surface area contributed by atoms with Crippen LogP contribution in [0, 0.1) is 0 Å². The van der Waals surface area contributed by atoms with Crippen LogP contribution >= 0.6 is 8.16 Å². The highest BCUT2D eigenvalue weighted by molar-refractivity contribution is 7.39. The van der Waals surface area contributed by atoms with Crippen LogP contribution in [-0.2, 0) is 0 Å². The maximum Gasteiger partial charge on any atom is 0.309 e. The van der Waals surface area contributed by atoms with E-state index in [-0.39, 0.29) is 19.5 Å². The Balaban J connectivity index is 1.78. The van der Waals surface area contributed by atoms with Crippen molar-refractivity contribution < 1.29 is 17.2 Å². The number of rotatable bonds is 1. The van der Waals surface area contributed by atoms with Crippen LogP contribution in [0.1, 0.15) is 6.42 Å². The maximum absolute atomic E-state index is 14.2. The molecule has 2 atom stereocenters. The fourth-order valence-electron chi connectivity index (χ4n) is 4.57. The molecule has 6 heteroatoms. The van der Waals surface area contributed by atoms with Crippen LogP contribution in [0.5, 0.6) is 0 Å². The first-order valence-electron chi connectivity index (χ1n) is 10.4. The summed E-state index contributed by atoms with van der Waals surface area (Å²) in [4.78, 5) is 0. The molecular weight excluding hydrogens is 415 g/mol. The van der Waals surface area contributed by atoms with Crippen LogP contribution in [0.3, 0.4) is 0 Å². The second-order valence-electron chi connectivity index (χ2n) is 8.04. The smallest absolute Gasteiger partial charge is 0.309 e. The van der Waals surface area contributed by atoms with E-state index < -0.39 is 20.5 Å². The van der Waals surface area contributed by atoms with E-state index in [0.29, 0.717) is 11.2 Å². The minimum Gasteiger partial charge on any atom is -0.408 e. The Morgan fingerprint density at radius 1 is 0.677 bits per heavy atom. The summed E-state index contributed by atoms with van der Waals surface area (Å²) in [5.74, 6) is 0. The highest BCUT2D eigenvalue weighted by Gasteiger charge is 2.30. The van der Waals surface area contributed by atoms with Crippen molar-refractivity contribution in [2.45, 2.75) is 18.8 Å². The Hall–Kier alpha value is -2.88. The third-order valence-electron chi connectivity index (χ3n) is 5.94. The van der Waals surface area contributed by atoms with Crippen LogP contribution in [0.4, 0.5) is 8.78 Å². The number of halogens is 2. The van der Waals surface area contributed by atoms with Gasteiger partial charge in [-0.1, -0.05) is 60.7 Å². The molecule has 156 valence electrons. The average molecular weight is 435 g/mol. The molecule has 0 aliphatic carbocycles. The zero-order valence-corrected chi connectivity index (χ0v) is 17.6. The predicted octanol–water partition coefficient (Wildman–Crippen LogP) is 7.61. The lowest BCUT2D eigenvalue weighted by Gasteiger charge is -2.27. The highest BCUT2D eigenvalue weighted by atomic mass is 31.1. The van der Waals surface area contributed by atoms with Gasteiger partial charge in [0, 0.05) is 30.3 Å². The fourth-order valence-corrected chi connectivity index (χ4v) is 6.10. The van der Waals surface area contributed by atoms with Crippen molar-refractivity contribution in [2.24, 2.45) is 0 Å². The molecule has 1 saturated heterocycles. The van der Waals surface area contributed by atoms with Gasteiger partial charge < -0.3 is 8.39 Å². The Morgan fingerprint density at radius 2 is 1.16 bits per heavy atom. The summed E-state index contributed by atoms with van der Waals surface area (Å²) >= 11 is 0. The van der Waals surface area contributed by atoms with Gasteiger partial charge in [0.15, 0.2) is 0 Å². The van der Waals surface area contributed by atoms with Crippen molar-refractivity contribution in [2.75, 3.05) is 17.8 Å². The van der Waals surface area contributed by atoms with Crippen LogP contribution < -0.4 is 4.67 Å². The van der Waals surface area contributed by atoms with E-state index in [0.717, 1.165) is 32.3 Å². The molecule has 2 heterocycles. The molecule has 0 saturated carbocycles. The van der Waals surface area contributed by atoms with Crippen molar-refractivity contribution >= 4 is 51.6 Å². The summed E-state index contributed by atoms with van der Waals surface area (Å²) in [6.45, 7) is 0.218. The zero-order valence-electron chi connectivity index (χ0n) is 16.7. The Bertz CT molecular complexity index is 1370. The number of fused-ring (bicyclic) bond motifs is 7. The van der Waals surface area contributed by atoms with E-state index in [9.17, 15) is 8.78 Å². The van der Waals surface area contributed by atoms with Gasteiger partial charge in [-0.3, -0.25) is 0 Å². The number of piperidine rings is 1. The van der Waals surface area contributed by atoms with Gasteiger partial charge in [-0.2, -0.15) is 4.67 Å². The molecule has 4 aromatic carbocycles. The number of nitrogens with zero attached hydrogens (tertiary/aromatic N) is 1. The molecule has 0 unspecified atom stereocenters. The molecule has 6 rings (SSSR count). The van der Waals surface area contributed by atoms with Gasteiger partial charge >= 0.3 is 8.16 Å². The van der Waals surface area contributed by atoms with Crippen LogP contribution in [-0.4, -0.2) is 25.4 Å². The van der Waals surface area contributed by atoms with Gasteiger partial charge in [0.2, 0.25) is 0 Å². The van der Waals surface area contributed by atoms with Crippen LogP contribution in [0.2, 0.25) is 0 Å². The molecule has 3 nitrogen and oxygen atoms in total. The van der Waals surface area contributed by atoms with E-state index in [4.69, 9.17) is 8.39 Å². The molecule has 0 spiro atoms. The summed E-state index contributed by atoms with van der Waals surface area (Å²) in [5, 5.41) is 6.23.